The molecule has 25 heavy (non-hydrogen) atoms. The van der Waals surface area contributed by atoms with Crippen LogP contribution < -0.4 is 0 Å². The number of amides is 1. The Morgan fingerprint density at radius 3 is 2.64 bits per heavy atom. The molecule has 3 aliphatic rings. The van der Waals surface area contributed by atoms with Crippen molar-refractivity contribution in [3.05, 3.63) is 47.5 Å². The minimum Gasteiger partial charge on any atom is -0.332 e. The third-order valence-electron chi connectivity index (χ3n) is 6.00. The van der Waals surface area contributed by atoms with Gasteiger partial charge in [0.1, 0.15) is 5.82 Å². The predicted molar refractivity (Wildman–Crippen MR) is 91.1 cm³/mol. The molecule has 5 heteroatoms. The molecule has 1 saturated carbocycles. The zero-order chi connectivity index (χ0) is 17.0. The molecule has 0 N–H and O–H groups in total. The van der Waals surface area contributed by atoms with E-state index in [1.807, 2.05) is 6.20 Å². The predicted octanol–water partition coefficient (Wildman–Crippen LogP) is 3.67. The molecule has 2 fully saturated rings. The fourth-order valence-corrected chi connectivity index (χ4v) is 4.42. The largest absolute Gasteiger partial charge is 0.332 e. The molecule has 1 aromatic carbocycles. The van der Waals surface area contributed by atoms with Gasteiger partial charge in [0.15, 0.2) is 5.82 Å². The van der Waals surface area contributed by atoms with E-state index in [4.69, 9.17) is 4.98 Å². The van der Waals surface area contributed by atoms with Crippen molar-refractivity contribution in [3.63, 3.8) is 0 Å². The van der Waals surface area contributed by atoms with Gasteiger partial charge in [-0.25, -0.2) is 14.4 Å². The van der Waals surface area contributed by atoms with E-state index < -0.39 is 0 Å². The third kappa shape index (κ3) is 2.36. The van der Waals surface area contributed by atoms with E-state index in [0.717, 1.165) is 48.9 Å². The molecule has 3 heterocycles. The van der Waals surface area contributed by atoms with Crippen LogP contribution in [0.15, 0.2) is 30.5 Å². The minimum absolute atomic E-state index is 0.143. The lowest BCUT2D eigenvalue weighted by molar-refractivity contribution is -0.141. The summed E-state index contributed by atoms with van der Waals surface area (Å²) in [5, 5.41) is 0. The van der Waals surface area contributed by atoms with E-state index in [1.54, 1.807) is 12.1 Å². The summed E-state index contributed by atoms with van der Waals surface area (Å²) in [5.41, 5.74) is 2.98. The molecule has 2 bridgehead atoms. The molecular weight excluding hydrogens is 317 g/mol. The van der Waals surface area contributed by atoms with E-state index in [2.05, 4.69) is 9.88 Å². The fraction of sp³-hybridized carbons (Fsp3) is 0.450. The van der Waals surface area contributed by atoms with Crippen molar-refractivity contribution >= 4 is 5.91 Å². The van der Waals surface area contributed by atoms with Crippen molar-refractivity contribution in [2.24, 2.45) is 5.92 Å². The monoisotopic (exact) mass is 337 g/mol. The van der Waals surface area contributed by atoms with Crippen LogP contribution in [0.2, 0.25) is 0 Å². The van der Waals surface area contributed by atoms with Crippen LogP contribution in [0.1, 0.15) is 49.4 Å². The molecule has 2 aromatic rings. The molecule has 1 saturated heterocycles. The van der Waals surface area contributed by atoms with Crippen LogP contribution in [-0.4, -0.2) is 26.8 Å². The molecule has 4 nitrogen and oxygen atoms in total. The SMILES string of the molecule is O=C(C1CCC1)N1C2CCC1c1cnc(-c3ccc(F)cc3)nc1C2. The van der Waals surface area contributed by atoms with E-state index in [1.165, 1.54) is 18.6 Å². The maximum absolute atomic E-state index is 13.1. The molecule has 128 valence electrons. The summed E-state index contributed by atoms with van der Waals surface area (Å²) in [5.74, 6) is 0.956. The molecule has 1 aliphatic carbocycles. The molecule has 2 unspecified atom stereocenters. The van der Waals surface area contributed by atoms with Crippen LogP contribution in [0.4, 0.5) is 4.39 Å². The standard InChI is InChI=1S/C20H20FN3O/c21-14-6-4-12(5-7-14)19-22-11-16-17(23-19)10-15-8-9-18(16)24(15)20(25)13-2-1-3-13/h4-7,11,13,15,18H,1-3,8-10H2. The number of aromatic nitrogens is 2. The van der Waals surface area contributed by atoms with Crippen LogP contribution in [0.25, 0.3) is 11.4 Å². The second-order valence-electron chi connectivity index (χ2n) is 7.43. The normalized spacial score (nSPS) is 24.8. The van der Waals surface area contributed by atoms with Crippen LogP contribution in [0.3, 0.4) is 0 Å². The van der Waals surface area contributed by atoms with Gasteiger partial charge in [0.2, 0.25) is 5.91 Å². The number of benzene rings is 1. The first kappa shape index (κ1) is 15.0. The molecule has 2 aliphatic heterocycles. The molecular formula is C20H20FN3O. The van der Waals surface area contributed by atoms with Crippen molar-refractivity contribution in [2.45, 2.75) is 50.6 Å². The highest BCUT2D eigenvalue weighted by atomic mass is 19.1. The second-order valence-corrected chi connectivity index (χ2v) is 7.43. The molecule has 1 aromatic heterocycles. The van der Waals surface area contributed by atoms with Crippen molar-refractivity contribution in [2.75, 3.05) is 0 Å². The van der Waals surface area contributed by atoms with Gasteiger partial charge >= 0.3 is 0 Å². The Bertz CT molecular complexity index is 831. The Labute approximate surface area is 146 Å². The van der Waals surface area contributed by atoms with Gasteiger partial charge in [-0.2, -0.15) is 0 Å². The van der Waals surface area contributed by atoms with Gasteiger partial charge in [-0.15, -0.1) is 0 Å². The first-order chi connectivity index (χ1) is 12.2. The van der Waals surface area contributed by atoms with Crippen LogP contribution in [-0.2, 0) is 11.2 Å². The first-order valence-corrected chi connectivity index (χ1v) is 9.14. The number of halogens is 1. The van der Waals surface area contributed by atoms with Gasteiger partial charge in [-0.3, -0.25) is 4.79 Å². The highest BCUT2D eigenvalue weighted by Gasteiger charge is 2.45. The lowest BCUT2D eigenvalue weighted by Gasteiger charge is -2.39. The zero-order valence-electron chi connectivity index (χ0n) is 14.0. The number of hydrogen-bond acceptors (Lipinski definition) is 3. The van der Waals surface area contributed by atoms with Crippen molar-refractivity contribution in [1.29, 1.82) is 0 Å². The lowest BCUT2D eigenvalue weighted by atomic mass is 9.83. The number of carbonyl (C=O) groups is 1. The highest BCUT2D eigenvalue weighted by molar-refractivity contribution is 5.81. The quantitative estimate of drug-likeness (QED) is 0.840. The minimum atomic E-state index is -0.259. The van der Waals surface area contributed by atoms with E-state index in [-0.39, 0.29) is 23.8 Å². The summed E-state index contributed by atoms with van der Waals surface area (Å²) in [6.07, 6.45) is 8.01. The average Bonchev–Trinajstić information content (AvgIpc) is 2.89. The maximum Gasteiger partial charge on any atom is 0.226 e. The van der Waals surface area contributed by atoms with Crippen molar-refractivity contribution in [3.8, 4) is 11.4 Å². The smallest absolute Gasteiger partial charge is 0.226 e. The first-order valence-electron chi connectivity index (χ1n) is 9.14. The number of carbonyl (C=O) groups excluding carboxylic acids is 1. The Morgan fingerprint density at radius 1 is 1.12 bits per heavy atom. The summed E-state index contributed by atoms with van der Waals surface area (Å²) in [7, 11) is 0. The summed E-state index contributed by atoms with van der Waals surface area (Å²) in [6, 6.07) is 6.70. The Morgan fingerprint density at radius 2 is 1.92 bits per heavy atom. The number of fused-ring (bicyclic) bond motifs is 4. The zero-order valence-corrected chi connectivity index (χ0v) is 14.0. The van der Waals surface area contributed by atoms with E-state index in [9.17, 15) is 9.18 Å². The lowest BCUT2D eigenvalue weighted by Crippen LogP contribution is -2.46. The Balaban J connectivity index is 1.47. The summed E-state index contributed by atoms with van der Waals surface area (Å²) in [4.78, 5) is 24.2. The van der Waals surface area contributed by atoms with Gasteiger partial charge in [-0.1, -0.05) is 6.42 Å². The van der Waals surface area contributed by atoms with Gasteiger partial charge in [0, 0.05) is 35.7 Å². The van der Waals surface area contributed by atoms with Gasteiger partial charge in [-0.05, 0) is 49.9 Å². The molecule has 5 rings (SSSR count). The molecule has 0 radical (unpaired) electrons. The topological polar surface area (TPSA) is 46.1 Å². The number of nitrogens with zero attached hydrogens (tertiary/aromatic N) is 3. The highest BCUT2D eigenvalue weighted by Crippen LogP contribution is 2.45. The van der Waals surface area contributed by atoms with Gasteiger partial charge in [0.05, 0.1) is 11.7 Å². The number of rotatable bonds is 2. The van der Waals surface area contributed by atoms with Crippen LogP contribution in [0, 0.1) is 11.7 Å². The van der Waals surface area contributed by atoms with Crippen molar-refractivity contribution < 1.29 is 9.18 Å². The van der Waals surface area contributed by atoms with E-state index in [0.29, 0.717) is 11.7 Å². The average molecular weight is 337 g/mol. The Kier molecular flexibility index (Phi) is 3.37. The number of hydrogen-bond donors (Lipinski definition) is 0. The maximum atomic E-state index is 13.1. The molecule has 1 amide bonds. The summed E-state index contributed by atoms with van der Waals surface area (Å²) < 4.78 is 13.1. The van der Waals surface area contributed by atoms with Crippen molar-refractivity contribution in [1.82, 2.24) is 14.9 Å². The summed E-state index contributed by atoms with van der Waals surface area (Å²) >= 11 is 0. The van der Waals surface area contributed by atoms with E-state index >= 15 is 0 Å². The molecule has 2 atom stereocenters. The third-order valence-corrected chi connectivity index (χ3v) is 6.00. The Hall–Kier alpha value is -2.30. The van der Waals surface area contributed by atoms with Crippen LogP contribution in [0.5, 0.6) is 0 Å². The molecule has 0 spiro atoms. The van der Waals surface area contributed by atoms with Gasteiger partial charge < -0.3 is 4.90 Å². The van der Waals surface area contributed by atoms with Gasteiger partial charge in [0.25, 0.3) is 0 Å². The van der Waals surface area contributed by atoms with Crippen LogP contribution >= 0.6 is 0 Å². The summed E-state index contributed by atoms with van der Waals surface area (Å²) in [6.45, 7) is 0. The fourth-order valence-electron chi connectivity index (χ4n) is 4.42. The second kappa shape index (κ2) is 5.61.